The highest BCUT2D eigenvalue weighted by atomic mass is 19.4. The molecule has 0 aliphatic carbocycles. The molecule has 0 spiro atoms. The van der Waals surface area contributed by atoms with Crippen molar-refractivity contribution in [2.75, 3.05) is 25.0 Å². The number of aromatic nitrogens is 4. The number of aryl methyl sites for hydroxylation is 1. The molecule has 4 heterocycles. The number of piperidine rings is 1. The quantitative estimate of drug-likeness (QED) is 0.473. The summed E-state index contributed by atoms with van der Waals surface area (Å²) in [5.74, 6) is -0.243. The van der Waals surface area contributed by atoms with Crippen molar-refractivity contribution in [1.29, 1.82) is 0 Å². The van der Waals surface area contributed by atoms with E-state index in [1.807, 2.05) is 27.8 Å². The van der Waals surface area contributed by atoms with E-state index in [4.69, 9.17) is 5.73 Å². The molecule has 0 atom stereocenters. The van der Waals surface area contributed by atoms with Crippen LogP contribution in [0.2, 0.25) is 0 Å². The van der Waals surface area contributed by atoms with Gasteiger partial charge in [0.2, 0.25) is 11.9 Å². The lowest BCUT2D eigenvalue weighted by molar-refractivity contribution is -0.138. The summed E-state index contributed by atoms with van der Waals surface area (Å²) < 4.78 is 40.1. The van der Waals surface area contributed by atoms with Crippen molar-refractivity contribution in [3.63, 3.8) is 0 Å². The van der Waals surface area contributed by atoms with Crippen molar-refractivity contribution in [3.05, 3.63) is 48.0 Å². The molecule has 36 heavy (non-hydrogen) atoms. The minimum Gasteiger partial charge on any atom is -0.364 e. The van der Waals surface area contributed by atoms with Gasteiger partial charge >= 0.3 is 6.18 Å². The van der Waals surface area contributed by atoms with Gasteiger partial charge in [0.25, 0.3) is 5.91 Å². The average molecular weight is 504 g/mol. The Balaban J connectivity index is 1.22. The summed E-state index contributed by atoms with van der Waals surface area (Å²) >= 11 is 0. The first-order valence-corrected chi connectivity index (χ1v) is 11.8. The lowest BCUT2D eigenvalue weighted by Crippen LogP contribution is -2.46. The summed E-state index contributed by atoms with van der Waals surface area (Å²) in [6, 6.07) is 5.40. The first-order valence-electron chi connectivity index (χ1n) is 11.8. The third-order valence-corrected chi connectivity index (χ3v) is 6.56. The van der Waals surface area contributed by atoms with E-state index < -0.39 is 17.6 Å². The standard InChI is InChI=1S/C24H28F3N7O2/c1-32(18-8-12-34(13-9-18)23-29-14-17(15-30-23)24(25,26)27)20(35)4-2-3-10-33-11-7-16-5-6-19(21(28)36)31-22(16)33/h5-7,11,14-15,18H,2-4,8-10,12-13H2,1H3,(H2,28,36). The number of primary amides is 1. The number of hydrogen-bond donors (Lipinski definition) is 1. The molecule has 2 amide bonds. The predicted octanol–water partition coefficient (Wildman–Crippen LogP) is 3.24. The molecule has 1 aliphatic rings. The van der Waals surface area contributed by atoms with Crippen molar-refractivity contribution in [2.24, 2.45) is 5.73 Å². The fourth-order valence-corrected chi connectivity index (χ4v) is 4.40. The number of pyridine rings is 1. The zero-order chi connectivity index (χ0) is 25.9. The molecule has 0 bridgehead atoms. The first-order chi connectivity index (χ1) is 17.1. The fourth-order valence-electron chi connectivity index (χ4n) is 4.40. The highest BCUT2D eigenvalue weighted by Gasteiger charge is 2.32. The van der Waals surface area contributed by atoms with Crippen LogP contribution < -0.4 is 10.6 Å². The minimum absolute atomic E-state index is 0.0609. The second-order valence-electron chi connectivity index (χ2n) is 8.93. The molecule has 192 valence electrons. The topological polar surface area (TPSA) is 110 Å². The Morgan fingerprint density at radius 1 is 1.11 bits per heavy atom. The van der Waals surface area contributed by atoms with E-state index in [0.717, 1.165) is 24.2 Å². The molecule has 1 fully saturated rings. The summed E-state index contributed by atoms with van der Waals surface area (Å²) in [5.41, 5.74) is 5.36. The SMILES string of the molecule is CN(C(=O)CCCCn1ccc2ccc(C(N)=O)nc21)C1CCN(c2ncc(C(F)(F)F)cn2)CC1. The normalized spacial score (nSPS) is 14.8. The fraction of sp³-hybridized carbons (Fsp3) is 0.458. The van der Waals surface area contributed by atoms with Crippen molar-refractivity contribution in [1.82, 2.24) is 24.4 Å². The molecule has 3 aromatic rings. The maximum absolute atomic E-state index is 12.7. The first kappa shape index (κ1) is 25.4. The van der Waals surface area contributed by atoms with Gasteiger partial charge in [-0.3, -0.25) is 9.59 Å². The van der Waals surface area contributed by atoms with E-state index in [9.17, 15) is 22.8 Å². The van der Waals surface area contributed by atoms with Gasteiger partial charge in [-0.1, -0.05) is 0 Å². The number of rotatable bonds is 8. The molecule has 0 saturated carbocycles. The maximum Gasteiger partial charge on any atom is 0.419 e. The summed E-state index contributed by atoms with van der Waals surface area (Å²) in [4.78, 5) is 39.8. The molecule has 4 rings (SSSR count). The van der Waals surface area contributed by atoms with Crippen LogP contribution in [0.3, 0.4) is 0 Å². The summed E-state index contributed by atoms with van der Waals surface area (Å²) in [7, 11) is 1.80. The van der Waals surface area contributed by atoms with E-state index in [0.29, 0.717) is 51.0 Å². The largest absolute Gasteiger partial charge is 0.419 e. The molecule has 0 radical (unpaired) electrons. The van der Waals surface area contributed by atoms with E-state index >= 15 is 0 Å². The van der Waals surface area contributed by atoms with Crippen molar-refractivity contribution < 1.29 is 22.8 Å². The molecule has 12 heteroatoms. The van der Waals surface area contributed by atoms with Gasteiger partial charge in [0.05, 0.1) is 5.56 Å². The third-order valence-electron chi connectivity index (χ3n) is 6.56. The van der Waals surface area contributed by atoms with Crippen molar-refractivity contribution >= 4 is 28.8 Å². The third kappa shape index (κ3) is 5.74. The monoisotopic (exact) mass is 503 g/mol. The van der Waals surface area contributed by atoms with Crippen LogP contribution in [0.25, 0.3) is 11.0 Å². The van der Waals surface area contributed by atoms with Gasteiger partial charge in [0, 0.05) is 63.1 Å². The number of fused-ring (bicyclic) bond motifs is 1. The number of nitrogens with zero attached hydrogens (tertiary/aromatic N) is 6. The number of carbonyl (C=O) groups excluding carboxylic acids is 2. The number of amides is 2. The van der Waals surface area contributed by atoms with E-state index in [1.54, 1.807) is 18.0 Å². The number of carbonyl (C=O) groups is 2. The molecule has 9 nitrogen and oxygen atoms in total. The Kier molecular flexibility index (Phi) is 7.41. The van der Waals surface area contributed by atoms with Gasteiger partial charge in [-0.2, -0.15) is 13.2 Å². The average Bonchev–Trinajstić information content (AvgIpc) is 3.28. The van der Waals surface area contributed by atoms with Crippen LogP contribution in [0.4, 0.5) is 19.1 Å². The molecular formula is C24H28F3N7O2. The van der Waals surface area contributed by atoms with Crippen molar-refractivity contribution in [3.8, 4) is 0 Å². The second-order valence-corrected chi connectivity index (χ2v) is 8.93. The molecule has 2 N–H and O–H groups in total. The highest BCUT2D eigenvalue weighted by molar-refractivity contribution is 5.93. The van der Waals surface area contributed by atoms with Crippen LogP contribution in [0.5, 0.6) is 0 Å². The lowest BCUT2D eigenvalue weighted by Gasteiger charge is -2.36. The molecule has 0 aromatic carbocycles. The van der Waals surface area contributed by atoms with Gasteiger partial charge in [-0.05, 0) is 43.9 Å². The second kappa shape index (κ2) is 10.5. The number of anilines is 1. The maximum atomic E-state index is 12.7. The summed E-state index contributed by atoms with van der Waals surface area (Å²) in [6.07, 6.45) is 2.32. The Labute approximate surface area is 206 Å². The molecule has 0 unspecified atom stereocenters. The van der Waals surface area contributed by atoms with Crippen LogP contribution in [-0.4, -0.2) is 62.4 Å². The zero-order valence-corrected chi connectivity index (χ0v) is 19.9. The van der Waals surface area contributed by atoms with Crippen LogP contribution >= 0.6 is 0 Å². The van der Waals surface area contributed by atoms with Crippen LogP contribution in [0.1, 0.15) is 48.2 Å². The van der Waals surface area contributed by atoms with Crippen LogP contribution in [0, 0.1) is 0 Å². The Hall–Kier alpha value is -3.70. The Bertz CT molecular complexity index is 1220. The molecule has 3 aromatic heterocycles. The number of unbranched alkanes of at least 4 members (excludes halogenated alkanes) is 1. The van der Waals surface area contributed by atoms with Gasteiger partial charge in [-0.25, -0.2) is 15.0 Å². The van der Waals surface area contributed by atoms with Gasteiger partial charge in [0.1, 0.15) is 11.3 Å². The lowest BCUT2D eigenvalue weighted by atomic mass is 10.0. The number of hydrogen-bond acceptors (Lipinski definition) is 6. The molecule has 1 saturated heterocycles. The molecular weight excluding hydrogens is 475 g/mol. The summed E-state index contributed by atoms with van der Waals surface area (Å²) in [6.45, 7) is 1.80. The van der Waals surface area contributed by atoms with Crippen LogP contribution in [-0.2, 0) is 17.5 Å². The summed E-state index contributed by atoms with van der Waals surface area (Å²) in [5, 5.41) is 0.920. The Morgan fingerprint density at radius 3 is 2.44 bits per heavy atom. The smallest absolute Gasteiger partial charge is 0.364 e. The Morgan fingerprint density at radius 2 is 1.81 bits per heavy atom. The number of nitrogens with two attached hydrogens (primary N) is 1. The minimum atomic E-state index is -4.46. The van der Waals surface area contributed by atoms with Crippen LogP contribution in [0.15, 0.2) is 36.8 Å². The number of alkyl halides is 3. The number of halogens is 3. The zero-order valence-electron chi connectivity index (χ0n) is 19.9. The van der Waals surface area contributed by atoms with Gasteiger partial charge in [-0.15, -0.1) is 0 Å². The molecule has 1 aliphatic heterocycles. The van der Waals surface area contributed by atoms with E-state index in [-0.39, 0.29) is 23.6 Å². The van der Waals surface area contributed by atoms with Gasteiger partial charge in [0.15, 0.2) is 0 Å². The van der Waals surface area contributed by atoms with Gasteiger partial charge < -0.3 is 20.1 Å². The van der Waals surface area contributed by atoms with Crippen molar-refractivity contribution in [2.45, 2.75) is 50.9 Å². The van der Waals surface area contributed by atoms with E-state index in [2.05, 4.69) is 15.0 Å². The van der Waals surface area contributed by atoms with E-state index in [1.165, 1.54) is 0 Å². The predicted molar refractivity (Wildman–Crippen MR) is 127 cm³/mol. The highest BCUT2D eigenvalue weighted by Crippen LogP contribution is 2.29.